The van der Waals surface area contributed by atoms with Gasteiger partial charge in [-0.1, -0.05) is 24.3 Å². The molecule has 1 aromatic heterocycles. The van der Waals surface area contributed by atoms with Gasteiger partial charge in [-0.15, -0.1) is 0 Å². The molecule has 0 bridgehead atoms. The number of hydrogen-bond donors (Lipinski definition) is 2. The van der Waals surface area contributed by atoms with Gasteiger partial charge in [0, 0.05) is 43.6 Å². The number of carboxylic acids is 1. The predicted octanol–water partition coefficient (Wildman–Crippen LogP) is 3.42. The van der Waals surface area contributed by atoms with E-state index in [9.17, 15) is 39.6 Å². The number of likely N-dealkylation sites (tertiary alicyclic amines) is 1. The van der Waals surface area contributed by atoms with Gasteiger partial charge in [0.15, 0.2) is 0 Å². The van der Waals surface area contributed by atoms with Crippen molar-refractivity contribution in [3.8, 4) is 0 Å². The van der Waals surface area contributed by atoms with Crippen LogP contribution in [0, 0.1) is 0 Å². The van der Waals surface area contributed by atoms with Crippen LogP contribution in [-0.2, 0) is 35.8 Å². The molecule has 1 fully saturated rings. The monoisotopic (exact) mass is 601 g/mol. The lowest BCUT2D eigenvalue weighted by molar-refractivity contribution is -0.138. The maximum atomic E-state index is 14.0. The molecule has 15 heteroatoms. The van der Waals surface area contributed by atoms with Gasteiger partial charge < -0.3 is 10.0 Å². The molecule has 0 atom stereocenters. The molecular weight excluding hydrogens is 575 g/mol. The fourth-order valence-corrected chi connectivity index (χ4v) is 7.63. The second-order valence-corrected chi connectivity index (χ2v) is 12.8. The molecule has 216 valence electrons. The van der Waals surface area contributed by atoms with Crippen molar-refractivity contribution >= 4 is 42.8 Å². The third kappa shape index (κ3) is 6.15. The van der Waals surface area contributed by atoms with E-state index in [1.165, 1.54) is 29.2 Å². The Morgan fingerprint density at radius 1 is 0.950 bits per heavy atom. The number of halogens is 3. The Balaban J connectivity index is 1.65. The normalized spacial score (nSPS) is 15.4. The van der Waals surface area contributed by atoms with Crippen LogP contribution in [0.4, 0.5) is 13.2 Å². The van der Waals surface area contributed by atoms with Crippen molar-refractivity contribution < 1.29 is 44.7 Å². The summed E-state index contributed by atoms with van der Waals surface area (Å²) in [6.07, 6.45) is -3.93. The quantitative estimate of drug-likeness (QED) is 0.383. The first kappa shape index (κ1) is 29.6. The number of carbonyl (C=O) groups excluding carboxylic acids is 1. The number of sulfonamides is 1. The van der Waals surface area contributed by atoms with Gasteiger partial charge in [0.1, 0.15) is 4.90 Å². The van der Waals surface area contributed by atoms with Crippen LogP contribution in [0.15, 0.2) is 64.5 Å². The van der Waals surface area contributed by atoms with Gasteiger partial charge in [-0.2, -0.15) is 13.2 Å². The molecule has 1 aliphatic rings. The summed E-state index contributed by atoms with van der Waals surface area (Å²) >= 11 is 0. The third-order valence-corrected chi connectivity index (χ3v) is 9.83. The van der Waals surface area contributed by atoms with Crippen molar-refractivity contribution in [2.75, 3.05) is 13.1 Å². The highest BCUT2D eigenvalue weighted by molar-refractivity contribution is 7.91. The number of aromatic nitrogens is 1. The number of nitrogens with zero attached hydrogens (tertiary/aromatic N) is 2. The summed E-state index contributed by atoms with van der Waals surface area (Å²) in [4.78, 5) is 23.4. The summed E-state index contributed by atoms with van der Waals surface area (Å²) in [5, 5.41) is 7.95. The number of carbonyl (C=O) groups is 2. The molecule has 2 heterocycles. The van der Waals surface area contributed by atoms with Crippen LogP contribution in [0.1, 0.15) is 37.7 Å². The SMILES string of the molecule is O=C(O)CCCC(=O)N1CCC(NS(=O)(=O)c2cn(S(=O)(=O)c3ccccc3)c3cccc(C(F)(F)F)c23)CC1. The molecule has 0 saturated carbocycles. The predicted molar refractivity (Wildman–Crippen MR) is 137 cm³/mol. The molecule has 0 aliphatic carbocycles. The van der Waals surface area contributed by atoms with Crippen LogP contribution < -0.4 is 4.72 Å². The lowest BCUT2D eigenvalue weighted by atomic mass is 10.1. The van der Waals surface area contributed by atoms with Crippen molar-refractivity contribution in [1.29, 1.82) is 0 Å². The fraction of sp³-hybridized carbons (Fsp3) is 0.360. The molecule has 10 nitrogen and oxygen atoms in total. The van der Waals surface area contributed by atoms with Crippen LogP contribution in [0.5, 0.6) is 0 Å². The Morgan fingerprint density at radius 2 is 1.60 bits per heavy atom. The molecule has 1 saturated heterocycles. The Kier molecular flexibility index (Phi) is 8.28. The Labute approximate surface area is 228 Å². The molecule has 1 amide bonds. The van der Waals surface area contributed by atoms with Crippen LogP contribution in [-0.4, -0.2) is 61.8 Å². The summed E-state index contributed by atoms with van der Waals surface area (Å²) in [5.74, 6) is -1.29. The van der Waals surface area contributed by atoms with E-state index >= 15 is 0 Å². The lowest BCUT2D eigenvalue weighted by Crippen LogP contribution is -2.46. The molecule has 3 aromatic rings. The van der Waals surface area contributed by atoms with Crippen molar-refractivity contribution in [3.63, 3.8) is 0 Å². The minimum atomic E-state index is -4.97. The molecule has 4 rings (SSSR count). The molecule has 40 heavy (non-hydrogen) atoms. The Morgan fingerprint density at radius 3 is 2.20 bits per heavy atom. The topological polar surface area (TPSA) is 143 Å². The van der Waals surface area contributed by atoms with Crippen LogP contribution >= 0.6 is 0 Å². The maximum Gasteiger partial charge on any atom is 0.417 e. The van der Waals surface area contributed by atoms with E-state index in [4.69, 9.17) is 5.11 Å². The summed E-state index contributed by atoms with van der Waals surface area (Å²) < 4.78 is 98.5. The van der Waals surface area contributed by atoms with Gasteiger partial charge in [0.05, 0.1) is 16.0 Å². The number of alkyl halides is 3. The molecule has 2 aromatic carbocycles. The minimum Gasteiger partial charge on any atom is -0.481 e. The Hall–Kier alpha value is -3.43. The van der Waals surface area contributed by atoms with Gasteiger partial charge in [-0.3, -0.25) is 9.59 Å². The van der Waals surface area contributed by atoms with E-state index in [-0.39, 0.29) is 56.0 Å². The molecule has 0 radical (unpaired) electrons. The number of hydrogen-bond acceptors (Lipinski definition) is 6. The number of carboxylic acid groups (broad SMARTS) is 1. The van der Waals surface area contributed by atoms with Crippen LogP contribution in [0.25, 0.3) is 10.9 Å². The largest absolute Gasteiger partial charge is 0.481 e. The van der Waals surface area contributed by atoms with Crippen molar-refractivity contribution in [2.45, 2.75) is 54.1 Å². The number of fused-ring (bicyclic) bond motifs is 1. The van der Waals surface area contributed by atoms with E-state index < -0.39 is 59.6 Å². The standard InChI is InChI=1S/C25H26F3N3O7S2/c26-25(27,28)19-8-4-9-20-24(19)21(16-31(20)40(37,38)18-6-2-1-3-7-18)39(35,36)29-17-12-14-30(15-13-17)22(32)10-5-11-23(33)34/h1-4,6-9,16-17,29H,5,10-15H2,(H,33,34). The van der Waals surface area contributed by atoms with E-state index in [0.717, 1.165) is 12.1 Å². The summed E-state index contributed by atoms with van der Waals surface area (Å²) in [5.41, 5.74) is -1.74. The highest BCUT2D eigenvalue weighted by atomic mass is 32.2. The lowest BCUT2D eigenvalue weighted by Gasteiger charge is -2.32. The first-order valence-electron chi connectivity index (χ1n) is 12.3. The number of nitrogens with one attached hydrogen (secondary N) is 1. The zero-order valence-corrected chi connectivity index (χ0v) is 22.6. The van der Waals surface area contributed by atoms with E-state index in [2.05, 4.69) is 4.72 Å². The van der Waals surface area contributed by atoms with E-state index in [1.807, 2.05) is 0 Å². The number of aliphatic carboxylic acids is 1. The summed E-state index contributed by atoms with van der Waals surface area (Å²) in [7, 11) is -9.11. The highest BCUT2D eigenvalue weighted by Gasteiger charge is 2.38. The van der Waals surface area contributed by atoms with Gasteiger partial charge in [-0.25, -0.2) is 25.5 Å². The number of benzene rings is 2. The third-order valence-electron chi connectivity index (χ3n) is 6.61. The van der Waals surface area contributed by atoms with Crippen molar-refractivity contribution in [1.82, 2.24) is 13.6 Å². The average Bonchev–Trinajstić information content (AvgIpc) is 3.30. The number of piperidine rings is 1. The molecular formula is C25H26F3N3O7S2. The second kappa shape index (κ2) is 11.2. The number of rotatable bonds is 9. The maximum absolute atomic E-state index is 14.0. The van der Waals surface area contributed by atoms with Gasteiger partial charge >= 0.3 is 12.1 Å². The molecule has 0 unspecified atom stereocenters. The average molecular weight is 602 g/mol. The first-order valence-corrected chi connectivity index (χ1v) is 15.2. The summed E-state index contributed by atoms with van der Waals surface area (Å²) in [6.45, 7) is 0.327. The zero-order valence-electron chi connectivity index (χ0n) is 21.0. The highest BCUT2D eigenvalue weighted by Crippen LogP contribution is 2.39. The van der Waals surface area contributed by atoms with Gasteiger partial charge in [0.2, 0.25) is 15.9 Å². The van der Waals surface area contributed by atoms with Crippen molar-refractivity contribution in [3.05, 3.63) is 60.3 Å². The Bertz CT molecular complexity index is 1630. The van der Waals surface area contributed by atoms with E-state index in [1.54, 1.807) is 6.07 Å². The number of amides is 1. The van der Waals surface area contributed by atoms with Crippen LogP contribution in [0.3, 0.4) is 0 Å². The van der Waals surface area contributed by atoms with E-state index in [0.29, 0.717) is 16.2 Å². The molecule has 2 N–H and O–H groups in total. The van der Waals surface area contributed by atoms with Gasteiger partial charge in [0.25, 0.3) is 10.0 Å². The smallest absolute Gasteiger partial charge is 0.417 e. The molecule has 0 spiro atoms. The fourth-order valence-electron chi connectivity index (χ4n) is 4.65. The minimum absolute atomic E-state index is 0.0261. The molecule has 1 aliphatic heterocycles. The summed E-state index contributed by atoms with van der Waals surface area (Å²) in [6, 6.07) is 9.00. The zero-order chi connectivity index (χ0) is 29.3. The van der Waals surface area contributed by atoms with Crippen molar-refractivity contribution in [2.24, 2.45) is 0 Å². The first-order chi connectivity index (χ1) is 18.7. The second-order valence-electron chi connectivity index (χ2n) is 9.33. The van der Waals surface area contributed by atoms with Crippen LogP contribution in [0.2, 0.25) is 0 Å². The van der Waals surface area contributed by atoms with Gasteiger partial charge in [-0.05, 0) is 43.5 Å².